The number of pyridine rings is 1. The van der Waals surface area contributed by atoms with Crippen LogP contribution in [0.25, 0.3) is 0 Å². The molecule has 0 aromatic carbocycles. The number of hydrogen-bond donors (Lipinski definition) is 0. The summed E-state index contributed by atoms with van der Waals surface area (Å²) in [6.45, 7) is 6.89. The molecule has 0 aliphatic carbocycles. The van der Waals surface area contributed by atoms with Gasteiger partial charge in [-0.1, -0.05) is 0 Å². The molecule has 1 fully saturated rings. The van der Waals surface area contributed by atoms with Crippen molar-refractivity contribution >= 4 is 5.82 Å². The molecule has 0 atom stereocenters. The number of rotatable bonds is 2. The lowest BCUT2D eigenvalue weighted by molar-refractivity contribution is -0.137. The van der Waals surface area contributed by atoms with Crippen molar-refractivity contribution in [2.24, 2.45) is 0 Å². The molecule has 3 nitrogen and oxygen atoms in total. The summed E-state index contributed by atoms with van der Waals surface area (Å²) in [4.78, 5) is 7.91. The number of halogens is 3. The van der Waals surface area contributed by atoms with Gasteiger partial charge < -0.3 is 4.90 Å². The Morgan fingerprint density at radius 3 is 2.32 bits per heavy atom. The van der Waals surface area contributed by atoms with Crippen LogP contribution in [0.3, 0.4) is 0 Å². The highest BCUT2D eigenvalue weighted by Crippen LogP contribution is 2.35. The predicted octanol–water partition coefficient (Wildman–Crippen LogP) is 2.63. The van der Waals surface area contributed by atoms with Crippen molar-refractivity contribution in [2.45, 2.75) is 26.1 Å². The molecule has 6 heteroatoms. The molecule has 19 heavy (non-hydrogen) atoms. The van der Waals surface area contributed by atoms with E-state index in [1.54, 1.807) is 4.90 Å². The summed E-state index contributed by atoms with van der Waals surface area (Å²) in [5.41, 5.74) is -0.645. The smallest absolute Gasteiger partial charge is 0.354 e. The number of hydrogen-bond acceptors (Lipinski definition) is 3. The second-order valence-corrected chi connectivity index (χ2v) is 4.99. The van der Waals surface area contributed by atoms with E-state index in [1.807, 2.05) is 0 Å². The van der Waals surface area contributed by atoms with Gasteiger partial charge in [-0.3, -0.25) is 4.90 Å². The van der Waals surface area contributed by atoms with Crippen molar-refractivity contribution in [1.29, 1.82) is 0 Å². The van der Waals surface area contributed by atoms with Gasteiger partial charge in [-0.2, -0.15) is 13.2 Å². The summed E-state index contributed by atoms with van der Waals surface area (Å²) in [5.74, 6) is 0.0541. The lowest BCUT2D eigenvalue weighted by atomic mass is 10.2. The molecule has 1 aromatic rings. The lowest BCUT2D eigenvalue weighted by Gasteiger charge is -2.38. The summed E-state index contributed by atoms with van der Waals surface area (Å²) < 4.78 is 38.8. The summed E-state index contributed by atoms with van der Waals surface area (Å²) >= 11 is 0. The van der Waals surface area contributed by atoms with Crippen molar-refractivity contribution in [3.05, 3.63) is 23.9 Å². The molecule has 2 rings (SSSR count). The molecule has 0 bridgehead atoms. The third-order valence-electron chi connectivity index (χ3n) is 3.44. The van der Waals surface area contributed by atoms with Crippen LogP contribution in [0.5, 0.6) is 0 Å². The van der Waals surface area contributed by atoms with Gasteiger partial charge in [-0.25, -0.2) is 4.98 Å². The van der Waals surface area contributed by atoms with Crippen molar-refractivity contribution in [2.75, 3.05) is 31.1 Å². The van der Waals surface area contributed by atoms with Gasteiger partial charge in [-0.05, 0) is 26.0 Å². The van der Waals surface area contributed by atoms with Crippen molar-refractivity contribution in [3.8, 4) is 0 Å². The molecule has 1 aromatic heterocycles. The van der Waals surface area contributed by atoms with E-state index in [4.69, 9.17) is 0 Å². The van der Waals surface area contributed by atoms with E-state index in [1.165, 1.54) is 12.3 Å². The Bertz CT molecular complexity index is 423. The Kier molecular flexibility index (Phi) is 3.99. The SMILES string of the molecule is CC(C)N1CCN(c2ncccc2C(F)(F)F)CC1. The Hall–Kier alpha value is -1.30. The zero-order valence-electron chi connectivity index (χ0n) is 11.1. The number of anilines is 1. The van der Waals surface area contributed by atoms with Crippen LogP contribution in [0.15, 0.2) is 18.3 Å². The number of aromatic nitrogens is 1. The third-order valence-corrected chi connectivity index (χ3v) is 3.44. The molecule has 1 aliphatic rings. The summed E-state index contributed by atoms with van der Waals surface area (Å²) in [5, 5.41) is 0. The molecule has 0 amide bonds. The minimum Gasteiger partial charge on any atom is -0.354 e. The van der Waals surface area contributed by atoms with Gasteiger partial charge in [0.15, 0.2) is 0 Å². The summed E-state index contributed by atoms with van der Waals surface area (Å²) in [6.07, 6.45) is -2.93. The van der Waals surface area contributed by atoms with E-state index >= 15 is 0 Å². The monoisotopic (exact) mass is 273 g/mol. The quantitative estimate of drug-likeness (QED) is 0.825. The molecular weight excluding hydrogens is 255 g/mol. The third kappa shape index (κ3) is 3.18. The van der Waals surface area contributed by atoms with Crippen LogP contribution in [0, 0.1) is 0 Å². The zero-order chi connectivity index (χ0) is 14.0. The van der Waals surface area contributed by atoms with E-state index < -0.39 is 11.7 Å². The number of nitrogens with zero attached hydrogens (tertiary/aromatic N) is 3. The molecule has 2 heterocycles. The first-order valence-electron chi connectivity index (χ1n) is 6.41. The van der Waals surface area contributed by atoms with E-state index in [0.29, 0.717) is 19.1 Å². The lowest BCUT2D eigenvalue weighted by Crippen LogP contribution is -2.49. The second kappa shape index (κ2) is 5.36. The van der Waals surface area contributed by atoms with Crippen molar-refractivity contribution in [3.63, 3.8) is 0 Å². The fourth-order valence-electron chi connectivity index (χ4n) is 2.32. The zero-order valence-corrected chi connectivity index (χ0v) is 11.1. The van der Waals surface area contributed by atoms with E-state index in [9.17, 15) is 13.2 Å². The first-order chi connectivity index (χ1) is 8.89. The molecule has 0 unspecified atom stereocenters. The number of piperazine rings is 1. The Morgan fingerprint density at radius 1 is 1.16 bits per heavy atom. The minimum absolute atomic E-state index is 0.0541. The maximum atomic E-state index is 12.9. The van der Waals surface area contributed by atoms with E-state index in [-0.39, 0.29) is 5.82 Å². The van der Waals surface area contributed by atoms with E-state index in [2.05, 4.69) is 23.7 Å². The molecule has 106 valence electrons. The highest BCUT2D eigenvalue weighted by Gasteiger charge is 2.36. The fourth-order valence-corrected chi connectivity index (χ4v) is 2.32. The van der Waals surface area contributed by atoms with E-state index in [0.717, 1.165) is 19.2 Å². The second-order valence-electron chi connectivity index (χ2n) is 4.99. The first kappa shape index (κ1) is 14.1. The molecule has 0 saturated carbocycles. The molecule has 0 radical (unpaired) electrons. The minimum atomic E-state index is -4.35. The van der Waals surface area contributed by atoms with Gasteiger partial charge in [0, 0.05) is 38.4 Å². The maximum absolute atomic E-state index is 12.9. The fraction of sp³-hybridized carbons (Fsp3) is 0.615. The van der Waals surface area contributed by atoms with Gasteiger partial charge in [0.2, 0.25) is 0 Å². The van der Waals surface area contributed by atoms with Crippen LogP contribution in [-0.4, -0.2) is 42.1 Å². The van der Waals surface area contributed by atoms with Gasteiger partial charge in [0.25, 0.3) is 0 Å². The standard InChI is InChI=1S/C13H18F3N3/c1-10(2)18-6-8-19(9-7-18)12-11(13(14,15)16)4-3-5-17-12/h3-5,10H,6-9H2,1-2H3. The van der Waals surface area contributed by atoms with Crippen LogP contribution >= 0.6 is 0 Å². The Balaban J connectivity index is 2.16. The van der Waals surface area contributed by atoms with Crippen LogP contribution < -0.4 is 4.90 Å². The van der Waals surface area contributed by atoms with Gasteiger partial charge in [0.05, 0.1) is 5.56 Å². The highest BCUT2D eigenvalue weighted by molar-refractivity contribution is 5.48. The molecule has 1 saturated heterocycles. The number of alkyl halides is 3. The van der Waals surface area contributed by atoms with Gasteiger partial charge in [-0.15, -0.1) is 0 Å². The highest BCUT2D eigenvalue weighted by atomic mass is 19.4. The maximum Gasteiger partial charge on any atom is 0.419 e. The van der Waals surface area contributed by atoms with Crippen LogP contribution in [0.1, 0.15) is 19.4 Å². The van der Waals surface area contributed by atoms with Crippen molar-refractivity contribution in [1.82, 2.24) is 9.88 Å². The summed E-state index contributed by atoms with van der Waals surface area (Å²) in [6, 6.07) is 2.85. The summed E-state index contributed by atoms with van der Waals surface area (Å²) in [7, 11) is 0. The molecule has 0 N–H and O–H groups in total. The Labute approximate surface area is 111 Å². The van der Waals surface area contributed by atoms with Crippen molar-refractivity contribution < 1.29 is 13.2 Å². The average Bonchev–Trinajstić information content (AvgIpc) is 2.38. The first-order valence-corrected chi connectivity index (χ1v) is 6.41. The van der Waals surface area contributed by atoms with Gasteiger partial charge in [0.1, 0.15) is 5.82 Å². The Morgan fingerprint density at radius 2 is 1.79 bits per heavy atom. The van der Waals surface area contributed by atoms with Gasteiger partial charge >= 0.3 is 6.18 Å². The van der Waals surface area contributed by atoms with Crippen LogP contribution in [0.2, 0.25) is 0 Å². The predicted molar refractivity (Wildman–Crippen MR) is 68.2 cm³/mol. The molecule has 0 spiro atoms. The average molecular weight is 273 g/mol. The largest absolute Gasteiger partial charge is 0.419 e. The molecular formula is C13H18F3N3. The topological polar surface area (TPSA) is 19.4 Å². The molecule has 1 aliphatic heterocycles. The van der Waals surface area contributed by atoms with Crippen LogP contribution in [0.4, 0.5) is 19.0 Å². The van der Waals surface area contributed by atoms with Crippen LogP contribution in [-0.2, 0) is 6.18 Å². The normalized spacial score (nSPS) is 18.1.